The van der Waals surface area contributed by atoms with Gasteiger partial charge in [0.15, 0.2) is 0 Å². The Kier molecular flexibility index (Phi) is 4.38. The maximum absolute atomic E-state index is 11.9. The molecule has 102 valence electrons. The van der Waals surface area contributed by atoms with Crippen molar-refractivity contribution in [3.05, 3.63) is 26.9 Å². The number of hydrogen-bond acceptors (Lipinski definition) is 4. The Morgan fingerprint density at radius 1 is 1.47 bits per heavy atom. The van der Waals surface area contributed by atoms with E-state index in [9.17, 15) is 14.7 Å². The predicted octanol–water partition coefficient (Wildman–Crippen LogP) is 1.57. The number of rotatable bonds is 3. The fraction of sp³-hybridized carbons (Fsp3) is 0.333. The molecule has 1 fully saturated rings. The zero-order chi connectivity index (χ0) is 14.0. The number of hydrogen-bond donors (Lipinski definition) is 2. The molecule has 0 bridgehead atoms. The second-order valence-corrected chi connectivity index (χ2v) is 6.70. The van der Waals surface area contributed by atoms with Crippen molar-refractivity contribution in [3.8, 4) is 0 Å². The van der Waals surface area contributed by atoms with Gasteiger partial charge in [-0.15, -0.1) is 11.3 Å². The Morgan fingerprint density at radius 3 is 2.79 bits per heavy atom. The van der Waals surface area contributed by atoms with Crippen LogP contribution in [0.15, 0.2) is 22.0 Å². The van der Waals surface area contributed by atoms with Gasteiger partial charge in [-0.3, -0.25) is 4.79 Å². The monoisotopic (exact) mass is 345 g/mol. The molecule has 0 aromatic carbocycles. The highest BCUT2D eigenvalue weighted by atomic mass is 79.9. The average Bonchev–Trinajstić information content (AvgIpc) is 2.92. The van der Waals surface area contributed by atoms with E-state index < -0.39 is 24.0 Å². The van der Waals surface area contributed by atoms with E-state index in [0.717, 1.165) is 8.66 Å². The minimum absolute atomic E-state index is 0.0638. The normalized spacial score (nSPS) is 23.2. The quantitative estimate of drug-likeness (QED) is 0.815. The number of β-amino-alcohol motifs (C(OH)–C–C–N with tert-alkyl or cyclic N) is 1. The number of carboxylic acids is 1. The summed E-state index contributed by atoms with van der Waals surface area (Å²) in [5, 5.41) is 18.5. The van der Waals surface area contributed by atoms with Crippen molar-refractivity contribution in [2.45, 2.75) is 18.6 Å². The number of thiophene rings is 1. The van der Waals surface area contributed by atoms with Crippen molar-refractivity contribution in [1.82, 2.24) is 4.90 Å². The van der Waals surface area contributed by atoms with E-state index in [1.54, 1.807) is 6.08 Å². The third-order valence-corrected chi connectivity index (χ3v) is 4.42. The van der Waals surface area contributed by atoms with E-state index in [1.165, 1.54) is 22.3 Å². The van der Waals surface area contributed by atoms with Crippen molar-refractivity contribution in [1.29, 1.82) is 0 Å². The molecule has 1 aromatic rings. The lowest BCUT2D eigenvalue weighted by Gasteiger charge is -2.19. The highest BCUT2D eigenvalue weighted by Crippen LogP contribution is 2.24. The maximum atomic E-state index is 11.9. The first-order valence-corrected chi connectivity index (χ1v) is 7.23. The van der Waals surface area contributed by atoms with Gasteiger partial charge in [0.05, 0.1) is 9.89 Å². The van der Waals surface area contributed by atoms with Crippen molar-refractivity contribution < 1.29 is 19.8 Å². The highest BCUT2D eigenvalue weighted by Gasteiger charge is 2.37. The summed E-state index contributed by atoms with van der Waals surface area (Å²) in [5.41, 5.74) is 0. The van der Waals surface area contributed by atoms with Gasteiger partial charge in [0, 0.05) is 23.9 Å². The fourth-order valence-electron chi connectivity index (χ4n) is 1.96. The van der Waals surface area contributed by atoms with E-state index in [4.69, 9.17) is 5.11 Å². The molecule has 19 heavy (non-hydrogen) atoms. The Morgan fingerprint density at radius 2 is 2.21 bits per heavy atom. The lowest BCUT2D eigenvalue weighted by molar-refractivity contribution is -0.146. The standard InChI is InChI=1S/C12H12BrNO4S/c13-10-3-1-8(19-10)2-4-11(16)14-6-7(15)5-9(14)12(17)18/h1-4,7,9,15H,5-6H2,(H,17,18)/t7-,9-/m0/s1. The molecule has 0 saturated carbocycles. The van der Waals surface area contributed by atoms with Gasteiger partial charge >= 0.3 is 5.97 Å². The van der Waals surface area contributed by atoms with Crippen LogP contribution < -0.4 is 0 Å². The molecule has 0 radical (unpaired) electrons. The summed E-state index contributed by atoms with van der Waals surface area (Å²) in [6.07, 6.45) is 2.29. The Labute approximate surface area is 122 Å². The smallest absolute Gasteiger partial charge is 0.326 e. The summed E-state index contributed by atoms with van der Waals surface area (Å²) >= 11 is 4.79. The zero-order valence-electron chi connectivity index (χ0n) is 9.82. The van der Waals surface area contributed by atoms with Gasteiger partial charge in [0.25, 0.3) is 0 Å². The van der Waals surface area contributed by atoms with Crippen LogP contribution in [-0.4, -0.2) is 45.7 Å². The van der Waals surface area contributed by atoms with Crippen LogP contribution in [0.25, 0.3) is 6.08 Å². The van der Waals surface area contributed by atoms with Gasteiger partial charge in [-0.05, 0) is 34.1 Å². The summed E-state index contributed by atoms with van der Waals surface area (Å²) in [6.45, 7) is 0.0638. The van der Waals surface area contributed by atoms with Gasteiger partial charge < -0.3 is 15.1 Å². The van der Waals surface area contributed by atoms with Crippen LogP contribution in [-0.2, 0) is 9.59 Å². The van der Waals surface area contributed by atoms with E-state index >= 15 is 0 Å². The molecule has 2 N–H and O–H groups in total. The van der Waals surface area contributed by atoms with E-state index in [1.807, 2.05) is 12.1 Å². The number of amides is 1. The molecule has 2 rings (SSSR count). The number of aliphatic carboxylic acids is 1. The second-order valence-electron chi connectivity index (χ2n) is 4.21. The molecule has 2 atom stereocenters. The number of nitrogens with zero attached hydrogens (tertiary/aromatic N) is 1. The summed E-state index contributed by atoms with van der Waals surface area (Å²) in [5.74, 6) is -1.48. The first-order chi connectivity index (χ1) is 8.97. The molecule has 1 aromatic heterocycles. The molecule has 0 unspecified atom stereocenters. The molecule has 7 heteroatoms. The third-order valence-electron chi connectivity index (χ3n) is 2.83. The van der Waals surface area contributed by atoms with E-state index in [-0.39, 0.29) is 13.0 Å². The van der Waals surface area contributed by atoms with Crippen LogP contribution >= 0.6 is 27.3 Å². The minimum Gasteiger partial charge on any atom is -0.480 e. The number of likely N-dealkylation sites (tertiary alicyclic amines) is 1. The Balaban J connectivity index is 2.06. The van der Waals surface area contributed by atoms with Gasteiger partial charge in [-0.2, -0.15) is 0 Å². The lowest BCUT2D eigenvalue weighted by Crippen LogP contribution is -2.39. The molecule has 1 aliphatic heterocycles. The zero-order valence-corrected chi connectivity index (χ0v) is 12.2. The van der Waals surface area contributed by atoms with Crippen LogP contribution in [0.1, 0.15) is 11.3 Å². The highest BCUT2D eigenvalue weighted by molar-refractivity contribution is 9.11. The van der Waals surface area contributed by atoms with Crippen molar-refractivity contribution >= 4 is 45.2 Å². The minimum atomic E-state index is -1.09. The van der Waals surface area contributed by atoms with E-state index in [2.05, 4.69) is 15.9 Å². The van der Waals surface area contributed by atoms with Crippen molar-refractivity contribution in [2.75, 3.05) is 6.54 Å². The molecule has 1 aliphatic rings. The number of carbonyl (C=O) groups is 2. The molecule has 2 heterocycles. The van der Waals surface area contributed by atoms with Crippen molar-refractivity contribution in [2.24, 2.45) is 0 Å². The summed E-state index contributed by atoms with van der Waals surface area (Å²) in [4.78, 5) is 25.0. The Bertz CT molecular complexity index is 528. The molecule has 1 amide bonds. The topological polar surface area (TPSA) is 77.8 Å². The molecule has 0 aliphatic carbocycles. The predicted molar refractivity (Wildman–Crippen MR) is 74.8 cm³/mol. The molecule has 0 spiro atoms. The van der Waals surface area contributed by atoms with Crippen LogP contribution in [0.5, 0.6) is 0 Å². The Hall–Kier alpha value is -1.18. The van der Waals surface area contributed by atoms with Gasteiger partial charge in [-0.1, -0.05) is 0 Å². The number of halogens is 1. The summed E-state index contributed by atoms with van der Waals surface area (Å²) in [6, 6.07) is 2.78. The summed E-state index contributed by atoms with van der Waals surface area (Å²) < 4.78 is 0.958. The number of carboxylic acid groups (broad SMARTS) is 1. The first kappa shape index (κ1) is 14.2. The number of carbonyl (C=O) groups excluding carboxylic acids is 1. The van der Waals surface area contributed by atoms with Crippen molar-refractivity contribution in [3.63, 3.8) is 0 Å². The SMILES string of the molecule is O=C(O)[C@@H]1C[C@H](O)CN1C(=O)C=Cc1ccc(Br)s1. The molecular formula is C12H12BrNO4S. The first-order valence-electron chi connectivity index (χ1n) is 5.62. The molecule has 1 saturated heterocycles. The van der Waals surface area contributed by atoms with Gasteiger partial charge in [0.1, 0.15) is 6.04 Å². The van der Waals surface area contributed by atoms with Crippen LogP contribution in [0.3, 0.4) is 0 Å². The second kappa shape index (κ2) is 5.85. The summed E-state index contributed by atoms with van der Waals surface area (Å²) in [7, 11) is 0. The van der Waals surface area contributed by atoms with Gasteiger partial charge in [-0.25, -0.2) is 4.79 Å². The third kappa shape index (κ3) is 3.43. The average molecular weight is 346 g/mol. The molecule has 5 nitrogen and oxygen atoms in total. The number of aliphatic hydroxyl groups is 1. The molecular weight excluding hydrogens is 334 g/mol. The number of aliphatic hydroxyl groups excluding tert-OH is 1. The largest absolute Gasteiger partial charge is 0.480 e. The van der Waals surface area contributed by atoms with Crippen LogP contribution in [0.4, 0.5) is 0 Å². The fourth-order valence-corrected chi connectivity index (χ4v) is 3.28. The van der Waals surface area contributed by atoms with Gasteiger partial charge in [0.2, 0.25) is 5.91 Å². The van der Waals surface area contributed by atoms with Crippen LogP contribution in [0, 0.1) is 0 Å². The van der Waals surface area contributed by atoms with E-state index in [0.29, 0.717) is 0 Å². The lowest BCUT2D eigenvalue weighted by atomic mass is 10.2. The maximum Gasteiger partial charge on any atom is 0.326 e. The van der Waals surface area contributed by atoms with Crippen LogP contribution in [0.2, 0.25) is 0 Å².